The zero-order chi connectivity index (χ0) is 22.0. The smallest absolute Gasteiger partial charge is 0.231 e. The Balaban J connectivity index is 1.35. The highest BCUT2D eigenvalue weighted by atomic mass is 32.1. The number of carbonyl (C=O) groups excluding carboxylic acids is 2. The van der Waals surface area contributed by atoms with Gasteiger partial charge in [-0.25, -0.2) is 4.98 Å². The molecule has 2 fully saturated rings. The fourth-order valence-corrected chi connectivity index (χ4v) is 5.46. The summed E-state index contributed by atoms with van der Waals surface area (Å²) in [7, 11) is 0. The van der Waals surface area contributed by atoms with Crippen LogP contribution in [0.25, 0.3) is 0 Å². The van der Waals surface area contributed by atoms with Crippen molar-refractivity contribution in [3.63, 3.8) is 0 Å². The number of nitrogens with zero attached hydrogens (tertiary/aromatic N) is 3. The van der Waals surface area contributed by atoms with Gasteiger partial charge in [-0.05, 0) is 51.3 Å². The first kappa shape index (κ1) is 22.0. The molecule has 3 heterocycles. The highest BCUT2D eigenvalue weighted by Gasteiger charge is 2.37. The summed E-state index contributed by atoms with van der Waals surface area (Å²) in [6.45, 7) is 9.94. The molecule has 0 saturated carbocycles. The maximum atomic E-state index is 12.9. The van der Waals surface area contributed by atoms with E-state index in [2.05, 4.69) is 22.1 Å². The molecule has 2 amide bonds. The van der Waals surface area contributed by atoms with Crippen LogP contribution in [0.3, 0.4) is 0 Å². The Labute approximate surface area is 188 Å². The summed E-state index contributed by atoms with van der Waals surface area (Å²) >= 11 is 1.56. The van der Waals surface area contributed by atoms with Gasteiger partial charge in [-0.3, -0.25) is 14.5 Å². The summed E-state index contributed by atoms with van der Waals surface area (Å²) in [5.74, 6) is 0.400. The van der Waals surface area contributed by atoms with Crippen LogP contribution in [-0.2, 0) is 16.1 Å². The van der Waals surface area contributed by atoms with E-state index in [1.165, 1.54) is 17.7 Å². The number of piperidine rings is 1. The van der Waals surface area contributed by atoms with Crippen LogP contribution in [0, 0.1) is 18.8 Å². The molecule has 2 unspecified atom stereocenters. The summed E-state index contributed by atoms with van der Waals surface area (Å²) in [5.41, 5.74) is 2.07. The summed E-state index contributed by atoms with van der Waals surface area (Å²) in [5, 5.41) is 3.62. The molecule has 0 spiro atoms. The molecule has 2 saturated heterocycles. The normalized spacial score (nSPS) is 21.5. The van der Waals surface area contributed by atoms with Gasteiger partial charge in [0.1, 0.15) is 0 Å². The maximum absolute atomic E-state index is 12.9. The van der Waals surface area contributed by atoms with Crippen molar-refractivity contribution in [2.75, 3.05) is 25.0 Å². The standard InChI is InChI=1S/C24H32N4O2S/c1-16-9-11-27(12-10-16)15-21-17(2)25-24(31-21)26-23(30)20-13-22(29)28(14-20)18(3)19-7-5-4-6-8-19/h4-8,16,18,20H,9-15H2,1-3H3,(H,25,26,30). The van der Waals surface area contributed by atoms with Crippen LogP contribution in [0.2, 0.25) is 0 Å². The van der Waals surface area contributed by atoms with Crippen molar-refractivity contribution in [1.82, 2.24) is 14.8 Å². The van der Waals surface area contributed by atoms with Crippen LogP contribution in [0.1, 0.15) is 55.3 Å². The second-order valence-electron chi connectivity index (χ2n) is 9.01. The van der Waals surface area contributed by atoms with Crippen molar-refractivity contribution in [2.24, 2.45) is 11.8 Å². The van der Waals surface area contributed by atoms with Gasteiger partial charge in [-0.2, -0.15) is 0 Å². The quantitative estimate of drug-likeness (QED) is 0.730. The van der Waals surface area contributed by atoms with Crippen molar-refractivity contribution in [2.45, 2.75) is 52.6 Å². The van der Waals surface area contributed by atoms with Gasteiger partial charge in [0.2, 0.25) is 11.8 Å². The Kier molecular flexibility index (Phi) is 6.72. The average molecular weight is 441 g/mol. The number of amides is 2. The van der Waals surface area contributed by atoms with E-state index >= 15 is 0 Å². The van der Waals surface area contributed by atoms with E-state index in [0.29, 0.717) is 11.7 Å². The van der Waals surface area contributed by atoms with E-state index in [1.54, 1.807) is 11.3 Å². The summed E-state index contributed by atoms with van der Waals surface area (Å²) in [6.07, 6.45) is 2.75. The number of rotatable bonds is 6. The third kappa shape index (κ3) is 5.15. The number of nitrogens with one attached hydrogen (secondary N) is 1. The monoisotopic (exact) mass is 440 g/mol. The third-order valence-corrected chi connectivity index (χ3v) is 7.70. The van der Waals surface area contributed by atoms with E-state index in [-0.39, 0.29) is 30.2 Å². The van der Waals surface area contributed by atoms with Crippen LogP contribution >= 0.6 is 11.3 Å². The topological polar surface area (TPSA) is 65.5 Å². The lowest BCUT2D eigenvalue weighted by molar-refractivity contribution is -0.129. The fourth-order valence-electron chi connectivity index (χ4n) is 4.45. The number of aryl methyl sites for hydroxylation is 1. The van der Waals surface area contributed by atoms with Gasteiger partial charge in [-0.1, -0.05) is 37.3 Å². The van der Waals surface area contributed by atoms with Gasteiger partial charge in [0, 0.05) is 24.4 Å². The summed E-state index contributed by atoms with van der Waals surface area (Å²) < 4.78 is 0. The van der Waals surface area contributed by atoms with Crippen molar-refractivity contribution in [1.29, 1.82) is 0 Å². The molecule has 166 valence electrons. The molecule has 0 aliphatic carbocycles. The number of hydrogen-bond acceptors (Lipinski definition) is 5. The first-order valence-electron chi connectivity index (χ1n) is 11.2. The van der Waals surface area contributed by atoms with Gasteiger partial charge in [-0.15, -0.1) is 11.3 Å². The third-order valence-electron chi connectivity index (χ3n) is 6.64. The van der Waals surface area contributed by atoms with Crippen LogP contribution in [0.5, 0.6) is 0 Å². The summed E-state index contributed by atoms with van der Waals surface area (Å²) in [4.78, 5) is 35.6. The predicted octanol–water partition coefficient (Wildman–Crippen LogP) is 4.23. The number of anilines is 1. The number of aromatic nitrogens is 1. The second kappa shape index (κ2) is 9.49. The van der Waals surface area contributed by atoms with E-state index in [1.807, 2.05) is 49.1 Å². The molecule has 2 aliphatic rings. The molecular formula is C24H32N4O2S. The Morgan fingerprint density at radius 3 is 2.68 bits per heavy atom. The maximum Gasteiger partial charge on any atom is 0.231 e. The fraction of sp³-hybridized carbons (Fsp3) is 0.542. The van der Waals surface area contributed by atoms with E-state index in [0.717, 1.165) is 36.8 Å². The SMILES string of the molecule is Cc1nc(NC(=O)C2CC(=O)N(C(C)c3ccccc3)C2)sc1CN1CCC(C)CC1. The van der Waals surface area contributed by atoms with Crippen LogP contribution in [0.4, 0.5) is 5.13 Å². The number of hydrogen-bond donors (Lipinski definition) is 1. The van der Waals surface area contributed by atoms with E-state index in [9.17, 15) is 9.59 Å². The molecule has 1 aromatic carbocycles. The van der Waals surface area contributed by atoms with Gasteiger partial charge in [0.05, 0.1) is 17.7 Å². The number of benzene rings is 1. The lowest BCUT2D eigenvalue weighted by Gasteiger charge is -2.29. The van der Waals surface area contributed by atoms with Crippen molar-refractivity contribution in [3.8, 4) is 0 Å². The first-order chi connectivity index (χ1) is 14.9. The van der Waals surface area contributed by atoms with Crippen molar-refractivity contribution in [3.05, 3.63) is 46.5 Å². The Morgan fingerprint density at radius 2 is 1.97 bits per heavy atom. The van der Waals surface area contributed by atoms with Gasteiger partial charge >= 0.3 is 0 Å². The average Bonchev–Trinajstić information content (AvgIpc) is 3.32. The molecule has 4 rings (SSSR count). The van der Waals surface area contributed by atoms with Crippen LogP contribution in [-0.4, -0.2) is 46.2 Å². The predicted molar refractivity (Wildman–Crippen MR) is 124 cm³/mol. The van der Waals surface area contributed by atoms with Crippen molar-refractivity contribution >= 4 is 28.3 Å². The zero-order valence-electron chi connectivity index (χ0n) is 18.6. The van der Waals surface area contributed by atoms with Crippen molar-refractivity contribution < 1.29 is 9.59 Å². The lowest BCUT2D eigenvalue weighted by atomic mass is 9.99. The molecule has 0 bridgehead atoms. The highest BCUT2D eigenvalue weighted by molar-refractivity contribution is 7.15. The number of likely N-dealkylation sites (tertiary alicyclic amines) is 2. The molecule has 2 aliphatic heterocycles. The minimum absolute atomic E-state index is 0.0341. The highest BCUT2D eigenvalue weighted by Crippen LogP contribution is 2.30. The number of carbonyl (C=O) groups is 2. The first-order valence-corrected chi connectivity index (χ1v) is 12.1. The molecule has 1 N–H and O–H groups in total. The summed E-state index contributed by atoms with van der Waals surface area (Å²) in [6, 6.07) is 9.93. The number of thiazole rings is 1. The van der Waals surface area contributed by atoms with Gasteiger partial charge < -0.3 is 10.2 Å². The second-order valence-corrected chi connectivity index (χ2v) is 10.1. The van der Waals surface area contributed by atoms with Crippen LogP contribution < -0.4 is 5.32 Å². The molecule has 6 nitrogen and oxygen atoms in total. The molecule has 7 heteroatoms. The van der Waals surface area contributed by atoms with Gasteiger partial charge in [0.25, 0.3) is 0 Å². The Bertz CT molecular complexity index is 921. The molecular weight excluding hydrogens is 408 g/mol. The van der Waals surface area contributed by atoms with E-state index < -0.39 is 0 Å². The zero-order valence-corrected chi connectivity index (χ0v) is 19.5. The molecule has 31 heavy (non-hydrogen) atoms. The van der Waals surface area contributed by atoms with Crippen LogP contribution in [0.15, 0.2) is 30.3 Å². The molecule has 2 aromatic rings. The molecule has 1 aromatic heterocycles. The Hall–Kier alpha value is -2.25. The van der Waals surface area contributed by atoms with E-state index in [4.69, 9.17) is 0 Å². The minimum atomic E-state index is -0.338. The van der Waals surface area contributed by atoms with Gasteiger partial charge in [0.15, 0.2) is 5.13 Å². The lowest BCUT2D eigenvalue weighted by Crippen LogP contribution is -2.32. The Morgan fingerprint density at radius 1 is 1.26 bits per heavy atom. The minimum Gasteiger partial charge on any atom is -0.335 e. The molecule has 2 atom stereocenters. The largest absolute Gasteiger partial charge is 0.335 e. The molecule has 0 radical (unpaired) electrons.